The monoisotopic (exact) mass is 597 g/mol. The van der Waals surface area contributed by atoms with Crippen molar-refractivity contribution in [1.82, 2.24) is 9.62 Å². The molecule has 7 heteroatoms. The Morgan fingerprint density at radius 1 is 1.00 bits per heavy atom. The first-order valence-corrected chi connectivity index (χ1v) is 16.7. The zero-order valence-electron chi connectivity index (χ0n) is 25.2. The molecule has 1 aliphatic heterocycles. The number of unbranched alkanes of at least 4 members (excludes halogenated alkanes) is 2. The van der Waals surface area contributed by atoms with Gasteiger partial charge in [-0.1, -0.05) is 73.7 Å². The van der Waals surface area contributed by atoms with E-state index in [2.05, 4.69) is 64.8 Å². The van der Waals surface area contributed by atoms with E-state index >= 15 is 0 Å². The summed E-state index contributed by atoms with van der Waals surface area (Å²) in [5.41, 5.74) is 7.50. The number of hydrogen-bond acceptors (Lipinski definition) is 6. The second kappa shape index (κ2) is 16.0. The summed E-state index contributed by atoms with van der Waals surface area (Å²) in [6.45, 7) is 13.4. The molecule has 1 fully saturated rings. The van der Waals surface area contributed by atoms with Crippen LogP contribution in [0.5, 0.6) is 0 Å². The highest BCUT2D eigenvalue weighted by atomic mass is 35.5. The van der Waals surface area contributed by atoms with Gasteiger partial charge in [-0.15, -0.1) is 0 Å². The van der Waals surface area contributed by atoms with E-state index in [-0.39, 0.29) is 5.97 Å². The first kappa shape index (κ1) is 31.9. The molecule has 2 aromatic carbocycles. The van der Waals surface area contributed by atoms with Crippen LogP contribution in [-0.2, 0) is 16.1 Å². The third kappa shape index (κ3) is 10.3. The molecule has 1 heterocycles. The first-order chi connectivity index (χ1) is 19.8. The van der Waals surface area contributed by atoms with E-state index in [1.54, 1.807) is 23.1 Å². The largest absolute Gasteiger partial charge is 0.466 e. The number of nitrogens with one attached hydrogen (secondary N) is 1. The zero-order chi connectivity index (χ0) is 29.1. The van der Waals surface area contributed by atoms with Crippen LogP contribution >= 0.6 is 23.5 Å². The topological polar surface area (TPSA) is 44.8 Å². The van der Waals surface area contributed by atoms with Gasteiger partial charge >= 0.3 is 5.97 Å². The van der Waals surface area contributed by atoms with Crippen molar-refractivity contribution in [1.29, 1.82) is 0 Å². The van der Waals surface area contributed by atoms with Gasteiger partial charge in [-0.25, -0.2) is 0 Å². The fraction of sp³-hybridized carbons (Fsp3) is 0.559. The van der Waals surface area contributed by atoms with Crippen LogP contribution in [0.2, 0.25) is 5.02 Å². The molecule has 0 amide bonds. The number of anilines is 1. The number of allylic oxidation sites excluding steroid dienone is 1. The van der Waals surface area contributed by atoms with Crippen LogP contribution in [-0.4, -0.2) is 56.0 Å². The number of benzene rings is 2. The lowest BCUT2D eigenvalue weighted by Crippen LogP contribution is -2.47. The summed E-state index contributed by atoms with van der Waals surface area (Å²) in [7, 11) is 0. The summed E-state index contributed by atoms with van der Waals surface area (Å²) in [4.78, 5) is 16.6. The molecular formula is C34H48ClN3O2S. The lowest BCUT2D eigenvalue weighted by Gasteiger charge is -2.39. The predicted molar refractivity (Wildman–Crippen MR) is 175 cm³/mol. The number of carbonyl (C=O) groups is 1. The summed E-state index contributed by atoms with van der Waals surface area (Å²) < 4.78 is 8.46. The van der Waals surface area contributed by atoms with Gasteiger partial charge in [0, 0.05) is 62.2 Å². The maximum Gasteiger partial charge on any atom is 0.305 e. The van der Waals surface area contributed by atoms with Gasteiger partial charge in [-0.3, -0.25) is 14.4 Å². The Morgan fingerprint density at radius 2 is 1.73 bits per heavy atom. The molecule has 0 bridgehead atoms. The molecule has 224 valence electrons. The molecule has 4 rings (SSSR count). The Morgan fingerprint density at radius 3 is 2.44 bits per heavy atom. The second-order valence-corrected chi connectivity index (χ2v) is 13.6. The molecule has 0 saturated carbocycles. The number of esters is 1. The third-order valence-electron chi connectivity index (χ3n) is 8.26. The van der Waals surface area contributed by atoms with Crippen molar-refractivity contribution in [3.05, 3.63) is 70.3 Å². The molecule has 2 aromatic rings. The number of carbonyl (C=O) groups excluding carboxylic acids is 1. The van der Waals surface area contributed by atoms with Crippen LogP contribution in [0.3, 0.4) is 0 Å². The summed E-state index contributed by atoms with van der Waals surface area (Å²) in [5.74, 6) is 0.981. The third-order valence-corrected chi connectivity index (χ3v) is 9.36. The molecule has 0 unspecified atom stereocenters. The Labute approximate surface area is 257 Å². The van der Waals surface area contributed by atoms with E-state index in [0.717, 1.165) is 75.7 Å². The average molecular weight is 598 g/mol. The molecule has 0 atom stereocenters. The van der Waals surface area contributed by atoms with Gasteiger partial charge in [0.05, 0.1) is 6.61 Å². The highest BCUT2D eigenvalue weighted by Crippen LogP contribution is 2.42. The van der Waals surface area contributed by atoms with Crippen LogP contribution in [0, 0.1) is 5.41 Å². The van der Waals surface area contributed by atoms with E-state index < -0.39 is 0 Å². The SMILES string of the molecule is CCOC(=O)CCCCCSNCc1ccc(N2CCN(CC3=C(c4ccc(Cl)cc4)CCC(C)(C)C3)CC2)cc1. The molecule has 0 spiro atoms. The van der Waals surface area contributed by atoms with Gasteiger partial charge in [-0.05, 0) is 85.4 Å². The van der Waals surface area contributed by atoms with Crippen LogP contribution < -0.4 is 9.62 Å². The van der Waals surface area contributed by atoms with E-state index in [0.29, 0.717) is 18.4 Å². The fourth-order valence-corrected chi connectivity index (χ4v) is 6.77. The molecule has 0 aromatic heterocycles. The number of nitrogens with zero attached hydrogens (tertiary/aromatic N) is 2. The molecule has 1 N–H and O–H groups in total. The molecule has 0 radical (unpaired) electrons. The first-order valence-electron chi connectivity index (χ1n) is 15.4. The summed E-state index contributed by atoms with van der Waals surface area (Å²) in [5, 5.41) is 0.808. The fourth-order valence-electron chi connectivity index (χ4n) is 5.88. The summed E-state index contributed by atoms with van der Waals surface area (Å²) in [6, 6.07) is 17.5. The maximum absolute atomic E-state index is 11.4. The maximum atomic E-state index is 11.4. The smallest absolute Gasteiger partial charge is 0.305 e. The number of rotatable bonds is 14. The standard InChI is InChI=1S/C34H48ClN3O2S/c1-4-40-33(39)8-6-5-7-23-41-36-25-27-9-15-31(16-10-27)38-21-19-37(20-22-38)26-29-24-34(2,3)18-17-32(29)28-11-13-30(35)14-12-28/h9-16,36H,4-8,17-26H2,1-3H3. The van der Waals surface area contributed by atoms with Gasteiger partial charge < -0.3 is 9.64 Å². The van der Waals surface area contributed by atoms with Crippen molar-refractivity contribution >= 4 is 40.8 Å². The molecule has 2 aliphatic rings. The van der Waals surface area contributed by atoms with Crippen LogP contribution in [0.4, 0.5) is 5.69 Å². The van der Waals surface area contributed by atoms with Crippen molar-refractivity contribution in [2.45, 2.75) is 72.3 Å². The van der Waals surface area contributed by atoms with Gasteiger partial charge in [0.2, 0.25) is 0 Å². The minimum Gasteiger partial charge on any atom is -0.466 e. The lowest BCUT2D eigenvalue weighted by atomic mass is 9.73. The summed E-state index contributed by atoms with van der Waals surface area (Å²) in [6.07, 6.45) is 7.19. The van der Waals surface area contributed by atoms with Gasteiger partial charge in [0.25, 0.3) is 0 Å². The van der Waals surface area contributed by atoms with Crippen molar-refractivity contribution in [3.63, 3.8) is 0 Å². The Balaban J connectivity index is 1.19. The molecule has 1 saturated heterocycles. The minimum absolute atomic E-state index is 0.0753. The van der Waals surface area contributed by atoms with E-state index in [1.165, 1.54) is 29.7 Å². The molecular weight excluding hydrogens is 550 g/mol. The van der Waals surface area contributed by atoms with Crippen molar-refractivity contribution in [2.75, 3.05) is 50.0 Å². The van der Waals surface area contributed by atoms with Crippen LogP contribution in [0.1, 0.15) is 76.8 Å². The zero-order valence-corrected chi connectivity index (χ0v) is 26.8. The van der Waals surface area contributed by atoms with Crippen molar-refractivity contribution in [2.24, 2.45) is 5.41 Å². The number of halogens is 1. The minimum atomic E-state index is -0.0753. The normalized spacial score (nSPS) is 17.6. The van der Waals surface area contributed by atoms with Gasteiger partial charge in [0.15, 0.2) is 0 Å². The lowest BCUT2D eigenvalue weighted by molar-refractivity contribution is -0.143. The van der Waals surface area contributed by atoms with Crippen molar-refractivity contribution < 1.29 is 9.53 Å². The highest BCUT2D eigenvalue weighted by Gasteiger charge is 2.29. The molecule has 1 aliphatic carbocycles. The Kier molecular flexibility index (Phi) is 12.5. The number of hydrogen-bond donors (Lipinski definition) is 1. The predicted octanol–water partition coefficient (Wildman–Crippen LogP) is 7.99. The highest BCUT2D eigenvalue weighted by molar-refractivity contribution is 7.97. The molecule has 41 heavy (non-hydrogen) atoms. The Hall–Kier alpha value is -1.99. The Bertz CT molecular complexity index is 1130. The quantitative estimate of drug-likeness (QED) is 0.135. The van der Waals surface area contributed by atoms with Crippen molar-refractivity contribution in [3.8, 4) is 0 Å². The number of ether oxygens (including phenoxy) is 1. The van der Waals surface area contributed by atoms with E-state index in [9.17, 15) is 4.79 Å². The van der Waals surface area contributed by atoms with Crippen LogP contribution in [0.25, 0.3) is 5.57 Å². The van der Waals surface area contributed by atoms with Crippen LogP contribution in [0.15, 0.2) is 54.1 Å². The van der Waals surface area contributed by atoms with E-state index in [4.69, 9.17) is 16.3 Å². The van der Waals surface area contributed by atoms with Gasteiger partial charge in [0.1, 0.15) is 0 Å². The number of piperazine rings is 1. The summed E-state index contributed by atoms with van der Waals surface area (Å²) >= 11 is 7.95. The molecule has 5 nitrogen and oxygen atoms in total. The average Bonchev–Trinajstić information content (AvgIpc) is 2.96. The van der Waals surface area contributed by atoms with Gasteiger partial charge in [-0.2, -0.15) is 0 Å². The second-order valence-electron chi connectivity index (χ2n) is 12.1. The van der Waals surface area contributed by atoms with E-state index in [1.807, 2.05) is 19.1 Å².